The van der Waals surface area contributed by atoms with Gasteiger partial charge in [0.1, 0.15) is 0 Å². The van der Waals surface area contributed by atoms with E-state index < -0.39 is 11.9 Å². The average molecular weight is 349 g/mol. The summed E-state index contributed by atoms with van der Waals surface area (Å²) in [5.74, 6) is -1.54. The first-order valence-electron chi connectivity index (χ1n) is 7.74. The van der Waals surface area contributed by atoms with Gasteiger partial charge in [-0.1, -0.05) is 55.5 Å². The zero-order chi connectivity index (χ0) is 16.6. The van der Waals surface area contributed by atoms with Crippen LogP contribution in [0.25, 0.3) is 0 Å². The molecule has 23 heavy (non-hydrogen) atoms. The first-order chi connectivity index (χ1) is 11.1. The highest BCUT2D eigenvalue weighted by Crippen LogP contribution is 2.51. The molecule has 3 atom stereocenters. The molecule has 0 saturated heterocycles. The maximum Gasteiger partial charge on any atom is 0.307 e. The molecule has 3 rings (SSSR count). The molecule has 0 bridgehead atoms. The van der Waals surface area contributed by atoms with Crippen molar-refractivity contribution in [1.82, 2.24) is 0 Å². The highest BCUT2D eigenvalue weighted by molar-refractivity contribution is 6.30. The second kappa shape index (κ2) is 6.54. The van der Waals surface area contributed by atoms with Crippen LogP contribution in [0, 0.1) is 5.92 Å². The Kier molecular flexibility index (Phi) is 4.65. The number of rotatable bonds is 3. The van der Waals surface area contributed by atoms with Gasteiger partial charge in [0.25, 0.3) is 0 Å². The van der Waals surface area contributed by atoms with Gasteiger partial charge in [0, 0.05) is 5.92 Å². The quantitative estimate of drug-likeness (QED) is 0.743. The summed E-state index contributed by atoms with van der Waals surface area (Å²) in [5.41, 5.74) is 3.79. The van der Waals surface area contributed by atoms with Crippen LogP contribution in [0.2, 0.25) is 0 Å². The van der Waals surface area contributed by atoms with Crippen molar-refractivity contribution in [2.45, 2.75) is 30.0 Å². The summed E-state index contributed by atoms with van der Waals surface area (Å²) in [5, 5.41) is 8.97. The summed E-state index contributed by atoms with van der Waals surface area (Å²) >= 11 is 13.3. The molecule has 2 unspecified atom stereocenters. The molecule has 0 heterocycles. The Morgan fingerprint density at radius 1 is 0.957 bits per heavy atom. The van der Waals surface area contributed by atoms with Gasteiger partial charge in [0.05, 0.1) is 16.7 Å². The van der Waals surface area contributed by atoms with Crippen molar-refractivity contribution < 1.29 is 9.90 Å². The molecule has 120 valence electrons. The molecule has 2 aromatic carbocycles. The predicted molar refractivity (Wildman–Crippen MR) is 93.3 cm³/mol. The Balaban J connectivity index is 2.31. The van der Waals surface area contributed by atoms with Gasteiger partial charge >= 0.3 is 5.97 Å². The second-order valence-electron chi connectivity index (χ2n) is 5.89. The summed E-state index contributed by atoms with van der Waals surface area (Å²) in [6.07, 6.45) is 0.544. The molecule has 1 N–H and O–H groups in total. The smallest absolute Gasteiger partial charge is 0.307 e. The second-order valence-corrected chi connectivity index (χ2v) is 6.83. The number of hydrogen-bond acceptors (Lipinski definition) is 1. The van der Waals surface area contributed by atoms with Gasteiger partial charge in [-0.15, -0.1) is 23.2 Å². The van der Waals surface area contributed by atoms with Crippen molar-refractivity contribution >= 4 is 29.2 Å². The van der Waals surface area contributed by atoms with E-state index >= 15 is 0 Å². The monoisotopic (exact) mass is 348 g/mol. The van der Waals surface area contributed by atoms with Gasteiger partial charge in [-0.05, 0) is 28.7 Å². The minimum atomic E-state index is -0.791. The molecular weight excluding hydrogens is 331 g/mol. The fourth-order valence-corrected chi connectivity index (χ4v) is 4.23. The van der Waals surface area contributed by atoms with Crippen LogP contribution in [0.1, 0.15) is 52.3 Å². The van der Waals surface area contributed by atoms with E-state index in [1.807, 2.05) is 55.5 Å². The largest absolute Gasteiger partial charge is 0.481 e. The first-order valence-corrected chi connectivity index (χ1v) is 8.62. The average Bonchev–Trinajstić information content (AvgIpc) is 2.65. The Morgan fingerprint density at radius 3 is 1.70 bits per heavy atom. The van der Waals surface area contributed by atoms with Crippen LogP contribution < -0.4 is 0 Å². The maximum atomic E-state index is 11.9. The third-order valence-electron chi connectivity index (χ3n) is 4.67. The number of carboxylic acids is 1. The maximum absolute atomic E-state index is 11.9. The normalized spacial score (nSPS) is 24.2. The lowest BCUT2D eigenvalue weighted by Gasteiger charge is -2.26. The standard InChI is InChI=1S/C19H18Cl2O2/c1-2-11(19(22)23)16-12-7-3-5-9-14(12)17(20)18(21)15-10-6-4-8-13(15)16/h3-11,16-18H,2H2,1H3,(H,22,23)/t11-,16?,17?,18?/m0/s1. The molecule has 2 aromatic rings. The number of carboxylic acid groups (broad SMARTS) is 1. The molecule has 0 spiro atoms. The fraction of sp³-hybridized carbons (Fsp3) is 0.316. The van der Waals surface area contributed by atoms with E-state index in [9.17, 15) is 9.90 Å². The van der Waals surface area contributed by atoms with E-state index in [2.05, 4.69) is 0 Å². The number of halogens is 2. The zero-order valence-electron chi connectivity index (χ0n) is 12.7. The Morgan fingerprint density at radius 2 is 1.35 bits per heavy atom. The molecule has 1 aliphatic carbocycles. The summed E-state index contributed by atoms with van der Waals surface area (Å²) in [4.78, 5) is 11.9. The number of hydrogen-bond donors (Lipinski definition) is 1. The summed E-state index contributed by atoms with van der Waals surface area (Å²) in [6.45, 7) is 1.91. The van der Waals surface area contributed by atoms with Gasteiger partial charge in [0.2, 0.25) is 0 Å². The van der Waals surface area contributed by atoms with Crippen LogP contribution in [-0.2, 0) is 4.79 Å². The van der Waals surface area contributed by atoms with Crippen LogP contribution in [0.3, 0.4) is 0 Å². The van der Waals surface area contributed by atoms with Gasteiger partial charge in [-0.3, -0.25) is 4.79 Å². The Bertz CT molecular complexity index is 677. The van der Waals surface area contributed by atoms with Crippen molar-refractivity contribution in [3.63, 3.8) is 0 Å². The summed E-state index contributed by atoms with van der Waals surface area (Å²) in [6, 6.07) is 15.6. The Labute approximate surface area is 146 Å². The minimum Gasteiger partial charge on any atom is -0.481 e. The minimum absolute atomic E-state index is 0.241. The lowest BCUT2D eigenvalue weighted by molar-refractivity contribution is -0.142. The van der Waals surface area contributed by atoms with Gasteiger partial charge < -0.3 is 5.11 Å². The van der Waals surface area contributed by atoms with Crippen molar-refractivity contribution in [1.29, 1.82) is 0 Å². The molecule has 0 fully saturated rings. The van der Waals surface area contributed by atoms with Crippen molar-refractivity contribution in [2.24, 2.45) is 5.92 Å². The van der Waals surface area contributed by atoms with Gasteiger partial charge in [-0.25, -0.2) is 0 Å². The number of carbonyl (C=O) groups is 1. The SMILES string of the molecule is CC[C@H](C(=O)O)C1c2ccccc2C(Cl)C(Cl)c2ccccc21. The van der Waals surface area contributed by atoms with Crippen LogP contribution in [-0.4, -0.2) is 11.1 Å². The lowest BCUT2D eigenvalue weighted by atomic mass is 9.77. The molecule has 1 aliphatic rings. The van der Waals surface area contributed by atoms with Gasteiger partial charge in [-0.2, -0.15) is 0 Å². The highest BCUT2D eigenvalue weighted by atomic mass is 35.5. The van der Waals surface area contributed by atoms with Crippen molar-refractivity contribution in [2.75, 3.05) is 0 Å². The number of alkyl halides is 2. The molecule has 4 heteroatoms. The topological polar surface area (TPSA) is 37.3 Å². The van der Waals surface area contributed by atoms with Crippen LogP contribution in [0.15, 0.2) is 48.5 Å². The van der Waals surface area contributed by atoms with Crippen molar-refractivity contribution in [3.05, 3.63) is 70.8 Å². The first kappa shape index (κ1) is 16.4. The van der Waals surface area contributed by atoms with Crippen molar-refractivity contribution in [3.8, 4) is 0 Å². The summed E-state index contributed by atoms with van der Waals surface area (Å²) in [7, 11) is 0. The number of fused-ring (bicyclic) bond motifs is 2. The third kappa shape index (κ3) is 2.75. The molecule has 0 saturated carbocycles. The van der Waals surface area contributed by atoms with E-state index in [0.717, 1.165) is 22.3 Å². The number of benzene rings is 2. The molecule has 0 aliphatic heterocycles. The lowest BCUT2D eigenvalue weighted by Crippen LogP contribution is -2.23. The molecule has 0 aromatic heterocycles. The summed E-state index contributed by atoms with van der Waals surface area (Å²) < 4.78 is 0. The molecule has 0 radical (unpaired) electrons. The van der Waals surface area contributed by atoms with E-state index in [1.165, 1.54) is 0 Å². The Hall–Kier alpha value is -1.51. The molecule has 2 nitrogen and oxygen atoms in total. The van der Waals surface area contributed by atoms with Crippen LogP contribution in [0.4, 0.5) is 0 Å². The van der Waals surface area contributed by atoms with E-state index in [0.29, 0.717) is 6.42 Å². The van der Waals surface area contributed by atoms with Crippen LogP contribution in [0.5, 0.6) is 0 Å². The predicted octanol–water partition coefficient (Wildman–Crippen LogP) is 5.50. The molecule has 0 amide bonds. The highest BCUT2D eigenvalue weighted by Gasteiger charge is 2.38. The van der Waals surface area contributed by atoms with E-state index in [1.54, 1.807) is 0 Å². The van der Waals surface area contributed by atoms with Gasteiger partial charge in [0.15, 0.2) is 0 Å². The van der Waals surface area contributed by atoms with Crippen LogP contribution >= 0.6 is 23.2 Å². The number of aliphatic carboxylic acids is 1. The van der Waals surface area contributed by atoms with E-state index in [4.69, 9.17) is 23.2 Å². The van der Waals surface area contributed by atoms with E-state index in [-0.39, 0.29) is 16.7 Å². The molecular formula is C19H18Cl2O2. The third-order valence-corrected chi connectivity index (χ3v) is 5.78. The zero-order valence-corrected chi connectivity index (χ0v) is 14.3. The fourth-order valence-electron chi connectivity index (χ4n) is 3.56.